The van der Waals surface area contributed by atoms with Crippen LogP contribution < -0.4 is 9.47 Å². The summed E-state index contributed by atoms with van der Waals surface area (Å²) in [6.07, 6.45) is 0.677. The van der Waals surface area contributed by atoms with Gasteiger partial charge in [-0.1, -0.05) is 6.92 Å². The summed E-state index contributed by atoms with van der Waals surface area (Å²) in [5, 5.41) is 0. The smallest absolute Gasteiger partial charge is 0.254 e. The number of likely N-dealkylation sites (N-methyl/N-ethyl adjacent to an activating group) is 1. The van der Waals surface area contributed by atoms with E-state index < -0.39 is 12.0 Å². The Labute approximate surface area is 128 Å². The van der Waals surface area contributed by atoms with E-state index in [4.69, 9.17) is 9.47 Å². The third kappa shape index (κ3) is 1.83. The first-order valence-electron chi connectivity index (χ1n) is 7.17. The molecule has 1 aromatic carbocycles. The lowest BCUT2D eigenvalue weighted by Gasteiger charge is -2.25. The molecule has 0 radical (unpaired) electrons. The van der Waals surface area contributed by atoms with Crippen LogP contribution in [0.15, 0.2) is 17.1 Å². The number of benzene rings is 1. The summed E-state index contributed by atoms with van der Waals surface area (Å²) in [6, 6.07) is 2.97. The number of amides is 2. The summed E-state index contributed by atoms with van der Waals surface area (Å²) in [5.41, 5.74) is 2.46. The van der Waals surface area contributed by atoms with Crippen LogP contribution in [0.4, 0.5) is 0 Å². The van der Waals surface area contributed by atoms with Crippen LogP contribution in [0.5, 0.6) is 11.5 Å². The summed E-state index contributed by atoms with van der Waals surface area (Å²) in [4.78, 5) is 30.4. The molecule has 0 bridgehead atoms. The predicted octanol–water partition coefficient (Wildman–Crippen LogP) is 1.37. The molecule has 1 aromatic rings. The third-order valence-electron chi connectivity index (χ3n) is 4.33. The summed E-state index contributed by atoms with van der Waals surface area (Å²) < 4.78 is 10.7. The molecule has 1 saturated heterocycles. The van der Waals surface area contributed by atoms with Crippen LogP contribution in [0.1, 0.15) is 30.4 Å². The number of aliphatic imine (C=N–C) groups is 1. The predicted molar refractivity (Wildman–Crippen MR) is 80.7 cm³/mol. The zero-order valence-electron chi connectivity index (χ0n) is 13.0. The molecular formula is C16H18N2O4. The minimum absolute atomic E-state index is 0.220. The standard InChI is InChI=1S/C16H18N2O4/c1-5-10-8-6-11(21-3)12(22-4)7-9(8)13-14(17-10)16(20)18(2)15(13)19/h6-7,13-14H,5H2,1-4H3. The minimum atomic E-state index is -0.655. The lowest BCUT2D eigenvalue weighted by atomic mass is 9.84. The van der Waals surface area contributed by atoms with Crippen LogP contribution in [-0.4, -0.2) is 49.7 Å². The van der Waals surface area contributed by atoms with E-state index >= 15 is 0 Å². The number of imide groups is 1. The first-order valence-corrected chi connectivity index (χ1v) is 7.17. The minimum Gasteiger partial charge on any atom is -0.493 e. The van der Waals surface area contributed by atoms with Crippen molar-refractivity contribution in [2.75, 3.05) is 21.3 Å². The monoisotopic (exact) mass is 302 g/mol. The van der Waals surface area contributed by atoms with Gasteiger partial charge in [0.2, 0.25) is 5.91 Å². The number of nitrogens with zero attached hydrogens (tertiary/aromatic N) is 2. The Bertz CT molecular complexity index is 696. The highest BCUT2D eigenvalue weighted by Gasteiger charge is 2.50. The molecule has 1 fully saturated rings. The number of rotatable bonds is 3. The third-order valence-corrected chi connectivity index (χ3v) is 4.33. The quantitative estimate of drug-likeness (QED) is 0.791. The second kappa shape index (κ2) is 5.12. The van der Waals surface area contributed by atoms with Crippen molar-refractivity contribution in [2.24, 2.45) is 4.99 Å². The van der Waals surface area contributed by atoms with Crippen molar-refractivity contribution < 1.29 is 19.1 Å². The van der Waals surface area contributed by atoms with Crippen LogP contribution in [0, 0.1) is 0 Å². The molecule has 116 valence electrons. The lowest BCUT2D eigenvalue weighted by Crippen LogP contribution is -2.29. The van der Waals surface area contributed by atoms with Gasteiger partial charge >= 0.3 is 0 Å². The van der Waals surface area contributed by atoms with E-state index in [1.54, 1.807) is 20.3 Å². The van der Waals surface area contributed by atoms with Gasteiger partial charge in [-0.2, -0.15) is 0 Å². The molecule has 2 amide bonds. The summed E-state index contributed by atoms with van der Waals surface area (Å²) >= 11 is 0. The maximum atomic E-state index is 12.4. The van der Waals surface area contributed by atoms with Gasteiger partial charge in [0.25, 0.3) is 5.91 Å². The van der Waals surface area contributed by atoms with Crippen molar-refractivity contribution in [1.82, 2.24) is 4.90 Å². The highest BCUT2D eigenvalue weighted by molar-refractivity contribution is 6.15. The van der Waals surface area contributed by atoms with Crippen molar-refractivity contribution in [3.05, 3.63) is 23.3 Å². The average molecular weight is 302 g/mol. The van der Waals surface area contributed by atoms with Gasteiger partial charge in [0.1, 0.15) is 6.04 Å². The molecule has 0 aliphatic carbocycles. The number of methoxy groups -OCH3 is 2. The van der Waals surface area contributed by atoms with Crippen LogP contribution in [0.2, 0.25) is 0 Å². The largest absolute Gasteiger partial charge is 0.493 e. The Hall–Kier alpha value is -2.37. The second-order valence-electron chi connectivity index (χ2n) is 5.38. The van der Waals surface area contributed by atoms with E-state index in [1.807, 2.05) is 13.0 Å². The molecule has 2 unspecified atom stereocenters. The van der Waals surface area contributed by atoms with Crippen LogP contribution in [-0.2, 0) is 9.59 Å². The van der Waals surface area contributed by atoms with Gasteiger partial charge in [0, 0.05) is 18.3 Å². The number of ether oxygens (including phenoxy) is 2. The fourth-order valence-corrected chi connectivity index (χ4v) is 3.15. The van der Waals surface area contributed by atoms with Crippen LogP contribution >= 0.6 is 0 Å². The number of likely N-dealkylation sites (tertiary alicyclic amines) is 1. The highest BCUT2D eigenvalue weighted by atomic mass is 16.5. The fraction of sp³-hybridized carbons (Fsp3) is 0.438. The molecular weight excluding hydrogens is 284 g/mol. The Kier molecular flexibility index (Phi) is 3.39. The van der Waals surface area contributed by atoms with Gasteiger partial charge in [-0.3, -0.25) is 19.5 Å². The van der Waals surface area contributed by atoms with Gasteiger partial charge < -0.3 is 9.47 Å². The molecule has 2 aliphatic rings. The number of hydrogen-bond acceptors (Lipinski definition) is 5. The topological polar surface area (TPSA) is 68.2 Å². The molecule has 6 heteroatoms. The second-order valence-corrected chi connectivity index (χ2v) is 5.38. The normalized spacial score (nSPS) is 23.1. The Balaban J connectivity index is 2.24. The fourth-order valence-electron chi connectivity index (χ4n) is 3.15. The SMILES string of the molecule is CCC1=NC2C(=O)N(C)C(=O)C2c2cc(OC)c(OC)cc21. The molecule has 0 aromatic heterocycles. The van der Waals surface area contributed by atoms with E-state index in [2.05, 4.69) is 4.99 Å². The Morgan fingerprint density at radius 2 is 1.77 bits per heavy atom. The summed E-state index contributed by atoms with van der Waals surface area (Å²) in [7, 11) is 4.62. The maximum Gasteiger partial charge on any atom is 0.254 e. The zero-order valence-corrected chi connectivity index (χ0v) is 13.0. The van der Waals surface area contributed by atoms with Gasteiger partial charge in [0.05, 0.1) is 20.1 Å². The first-order chi connectivity index (χ1) is 10.5. The van der Waals surface area contributed by atoms with Crippen molar-refractivity contribution in [3.8, 4) is 11.5 Å². The molecule has 2 aliphatic heterocycles. The highest BCUT2D eigenvalue weighted by Crippen LogP contribution is 2.42. The zero-order chi connectivity index (χ0) is 16.0. The summed E-state index contributed by atoms with van der Waals surface area (Å²) in [6.45, 7) is 1.98. The van der Waals surface area contributed by atoms with E-state index in [9.17, 15) is 9.59 Å². The number of hydrogen-bond donors (Lipinski definition) is 0. The van der Waals surface area contributed by atoms with Crippen molar-refractivity contribution in [2.45, 2.75) is 25.3 Å². The Morgan fingerprint density at radius 1 is 1.14 bits per heavy atom. The number of carbonyl (C=O) groups is 2. The molecule has 2 atom stereocenters. The van der Waals surface area contributed by atoms with Gasteiger partial charge in [-0.15, -0.1) is 0 Å². The molecule has 0 N–H and O–H groups in total. The molecule has 0 saturated carbocycles. The van der Waals surface area contributed by atoms with Crippen LogP contribution in [0.3, 0.4) is 0 Å². The Morgan fingerprint density at radius 3 is 2.36 bits per heavy atom. The first kappa shape index (κ1) is 14.6. The number of carbonyl (C=O) groups excluding carboxylic acids is 2. The maximum absolute atomic E-state index is 12.4. The van der Waals surface area contributed by atoms with Crippen molar-refractivity contribution in [3.63, 3.8) is 0 Å². The van der Waals surface area contributed by atoms with Gasteiger partial charge in [-0.05, 0) is 24.1 Å². The van der Waals surface area contributed by atoms with E-state index in [0.29, 0.717) is 17.9 Å². The molecule has 22 heavy (non-hydrogen) atoms. The molecule has 0 spiro atoms. The van der Waals surface area contributed by atoms with Gasteiger partial charge in [-0.25, -0.2) is 0 Å². The van der Waals surface area contributed by atoms with Crippen LogP contribution in [0.25, 0.3) is 0 Å². The van der Waals surface area contributed by atoms with E-state index in [-0.39, 0.29) is 11.8 Å². The molecule has 3 rings (SSSR count). The van der Waals surface area contributed by atoms with Crippen molar-refractivity contribution in [1.29, 1.82) is 0 Å². The van der Waals surface area contributed by atoms with E-state index in [1.165, 1.54) is 7.05 Å². The van der Waals surface area contributed by atoms with E-state index in [0.717, 1.165) is 21.7 Å². The van der Waals surface area contributed by atoms with Gasteiger partial charge in [0.15, 0.2) is 11.5 Å². The number of fused-ring (bicyclic) bond motifs is 3. The lowest BCUT2D eigenvalue weighted by molar-refractivity contribution is -0.137. The summed E-state index contributed by atoms with van der Waals surface area (Å²) in [5.74, 6) is 0.101. The average Bonchev–Trinajstić information content (AvgIpc) is 2.77. The molecule has 2 heterocycles. The molecule has 6 nitrogen and oxygen atoms in total. The van der Waals surface area contributed by atoms with Crippen molar-refractivity contribution >= 4 is 17.5 Å².